The van der Waals surface area contributed by atoms with Crippen molar-refractivity contribution in [2.24, 2.45) is 11.7 Å². The lowest BCUT2D eigenvalue weighted by atomic mass is 10.1. The molecule has 1 atom stereocenters. The van der Waals surface area contributed by atoms with Crippen LogP contribution in [0.25, 0.3) is 0 Å². The first kappa shape index (κ1) is 12.2. The number of aliphatic carboxylic acids is 1. The maximum Gasteiger partial charge on any atom is 0.326 e. The molecule has 0 aromatic rings. The van der Waals surface area contributed by atoms with Gasteiger partial charge in [-0.2, -0.15) is 0 Å². The largest absolute Gasteiger partial charge is 0.480 e. The van der Waals surface area contributed by atoms with Gasteiger partial charge in [0.25, 0.3) is 0 Å². The van der Waals surface area contributed by atoms with E-state index in [1.807, 2.05) is 12.2 Å². The summed E-state index contributed by atoms with van der Waals surface area (Å²) in [5.41, 5.74) is 4.89. The second kappa shape index (κ2) is 5.29. The summed E-state index contributed by atoms with van der Waals surface area (Å²) < 4.78 is 0. The minimum Gasteiger partial charge on any atom is -0.480 e. The number of hydrogen-bond donors (Lipinski definition) is 3. The Labute approximate surface area is 92.5 Å². The maximum absolute atomic E-state index is 11.6. The van der Waals surface area contributed by atoms with Crippen LogP contribution in [0.4, 0.5) is 0 Å². The van der Waals surface area contributed by atoms with E-state index in [0.29, 0.717) is 12.8 Å². The van der Waals surface area contributed by atoms with Gasteiger partial charge in [-0.3, -0.25) is 9.59 Å². The second-order valence-electron chi connectivity index (χ2n) is 3.71. The standard InChI is InChI=1S/C10H14N2O4/c11-8(13)5-7(10(15)16)12-9(14)6-3-1-2-4-6/h1-2,6-7H,3-5H2,(H2,11,13)(H,12,14)(H,15,16)/t7-/m1/s1. The summed E-state index contributed by atoms with van der Waals surface area (Å²) in [6.07, 6.45) is 4.56. The quantitative estimate of drug-likeness (QED) is 0.543. The molecule has 0 aromatic heterocycles. The Hall–Kier alpha value is -1.85. The first-order valence-corrected chi connectivity index (χ1v) is 4.97. The summed E-state index contributed by atoms with van der Waals surface area (Å²) in [6, 6.07) is -1.23. The van der Waals surface area contributed by atoms with Crippen molar-refractivity contribution in [3.8, 4) is 0 Å². The SMILES string of the molecule is NC(=O)C[C@@H](NC(=O)C1CC=CC1)C(=O)O. The highest BCUT2D eigenvalue weighted by atomic mass is 16.4. The van der Waals surface area contributed by atoms with Gasteiger partial charge in [0.2, 0.25) is 11.8 Å². The van der Waals surface area contributed by atoms with E-state index >= 15 is 0 Å². The molecule has 6 nitrogen and oxygen atoms in total. The molecule has 0 bridgehead atoms. The van der Waals surface area contributed by atoms with Gasteiger partial charge < -0.3 is 16.2 Å². The van der Waals surface area contributed by atoms with Gasteiger partial charge >= 0.3 is 5.97 Å². The number of amides is 2. The van der Waals surface area contributed by atoms with Crippen LogP contribution in [0.3, 0.4) is 0 Å². The number of rotatable bonds is 5. The van der Waals surface area contributed by atoms with E-state index < -0.39 is 17.9 Å². The molecular weight excluding hydrogens is 212 g/mol. The van der Waals surface area contributed by atoms with Crippen molar-refractivity contribution in [3.63, 3.8) is 0 Å². The lowest BCUT2D eigenvalue weighted by Crippen LogP contribution is -2.45. The van der Waals surface area contributed by atoms with Gasteiger partial charge in [-0.25, -0.2) is 4.79 Å². The molecule has 1 aliphatic rings. The van der Waals surface area contributed by atoms with Crippen LogP contribution in [0.5, 0.6) is 0 Å². The predicted octanol–water partition coefficient (Wildman–Crippen LogP) is -0.603. The Morgan fingerprint density at radius 3 is 2.38 bits per heavy atom. The Morgan fingerprint density at radius 2 is 1.94 bits per heavy atom. The smallest absolute Gasteiger partial charge is 0.326 e. The fourth-order valence-corrected chi connectivity index (χ4v) is 1.52. The molecule has 2 amide bonds. The molecule has 1 rings (SSSR count). The number of nitrogens with two attached hydrogens (primary N) is 1. The highest BCUT2D eigenvalue weighted by molar-refractivity contribution is 5.89. The van der Waals surface area contributed by atoms with Crippen molar-refractivity contribution in [1.29, 1.82) is 0 Å². The highest BCUT2D eigenvalue weighted by Gasteiger charge is 2.26. The third-order valence-corrected chi connectivity index (χ3v) is 2.40. The summed E-state index contributed by atoms with van der Waals surface area (Å²) in [5.74, 6) is -2.58. The summed E-state index contributed by atoms with van der Waals surface area (Å²) in [6.45, 7) is 0. The first-order valence-electron chi connectivity index (χ1n) is 4.97. The molecule has 1 aliphatic carbocycles. The molecule has 0 saturated heterocycles. The summed E-state index contributed by atoms with van der Waals surface area (Å²) in [7, 11) is 0. The Balaban J connectivity index is 2.50. The number of nitrogens with one attached hydrogen (secondary N) is 1. The van der Waals surface area contributed by atoms with Gasteiger partial charge in [0.05, 0.1) is 6.42 Å². The zero-order chi connectivity index (χ0) is 12.1. The molecule has 16 heavy (non-hydrogen) atoms. The van der Waals surface area contributed by atoms with Gasteiger partial charge in [-0.1, -0.05) is 12.2 Å². The monoisotopic (exact) mass is 226 g/mol. The average molecular weight is 226 g/mol. The maximum atomic E-state index is 11.6. The van der Waals surface area contributed by atoms with Crippen LogP contribution in [-0.2, 0) is 14.4 Å². The molecule has 4 N–H and O–H groups in total. The zero-order valence-corrected chi connectivity index (χ0v) is 8.68. The molecule has 0 radical (unpaired) electrons. The number of carbonyl (C=O) groups excluding carboxylic acids is 2. The first-order chi connectivity index (χ1) is 7.50. The van der Waals surface area contributed by atoms with E-state index in [-0.39, 0.29) is 18.2 Å². The van der Waals surface area contributed by atoms with Crippen LogP contribution in [0.15, 0.2) is 12.2 Å². The van der Waals surface area contributed by atoms with E-state index in [2.05, 4.69) is 5.32 Å². The van der Waals surface area contributed by atoms with Crippen LogP contribution >= 0.6 is 0 Å². The molecule has 0 heterocycles. The average Bonchev–Trinajstić information content (AvgIpc) is 2.68. The second-order valence-corrected chi connectivity index (χ2v) is 3.71. The Kier molecular flexibility index (Phi) is 4.04. The van der Waals surface area contributed by atoms with Crippen LogP contribution in [0.1, 0.15) is 19.3 Å². The number of carbonyl (C=O) groups is 3. The molecule has 0 spiro atoms. The van der Waals surface area contributed by atoms with Crippen LogP contribution in [-0.4, -0.2) is 28.9 Å². The molecule has 0 saturated carbocycles. The van der Waals surface area contributed by atoms with Crippen molar-refractivity contribution in [2.75, 3.05) is 0 Å². The van der Waals surface area contributed by atoms with Crippen molar-refractivity contribution in [1.82, 2.24) is 5.32 Å². The lowest BCUT2D eigenvalue weighted by molar-refractivity contribution is -0.143. The van der Waals surface area contributed by atoms with Crippen molar-refractivity contribution in [2.45, 2.75) is 25.3 Å². The summed E-state index contributed by atoms with van der Waals surface area (Å²) in [4.78, 5) is 32.9. The number of hydrogen-bond acceptors (Lipinski definition) is 3. The highest BCUT2D eigenvalue weighted by Crippen LogP contribution is 2.17. The van der Waals surface area contributed by atoms with Gasteiger partial charge in [-0.05, 0) is 12.8 Å². The summed E-state index contributed by atoms with van der Waals surface area (Å²) >= 11 is 0. The summed E-state index contributed by atoms with van der Waals surface area (Å²) in [5, 5.41) is 11.1. The van der Waals surface area contributed by atoms with Gasteiger partial charge in [-0.15, -0.1) is 0 Å². The molecule has 0 unspecified atom stereocenters. The lowest BCUT2D eigenvalue weighted by Gasteiger charge is -2.15. The molecule has 0 aliphatic heterocycles. The van der Waals surface area contributed by atoms with E-state index in [1.165, 1.54) is 0 Å². The number of carboxylic acids is 1. The third kappa shape index (κ3) is 3.38. The molecule has 0 aromatic carbocycles. The van der Waals surface area contributed by atoms with Crippen LogP contribution in [0, 0.1) is 5.92 Å². The molecular formula is C10H14N2O4. The number of allylic oxidation sites excluding steroid dienone is 2. The minimum atomic E-state index is -1.25. The fraction of sp³-hybridized carbons (Fsp3) is 0.500. The van der Waals surface area contributed by atoms with Crippen LogP contribution in [0.2, 0.25) is 0 Å². The predicted molar refractivity (Wildman–Crippen MR) is 55.2 cm³/mol. The van der Waals surface area contributed by atoms with Gasteiger partial charge in [0.15, 0.2) is 0 Å². The van der Waals surface area contributed by atoms with Gasteiger partial charge in [0, 0.05) is 5.92 Å². The number of primary amides is 1. The third-order valence-electron chi connectivity index (χ3n) is 2.40. The Morgan fingerprint density at radius 1 is 1.38 bits per heavy atom. The van der Waals surface area contributed by atoms with Crippen LogP contribution < -0.4 is 11.1 Å². The fourth-order valence-electron chi connectivity index (χ4n) is 1.52. The molecule has 6 heteroatoms. The van der Waals surface area contributed by atoms with E-state index in [0.717, 1.165) is 0 Å². The van der Waals surface area contributed by atoms with Gasteiger partial charge in [0.1, 0.15) is 6.04 Å². The zero-order valence-electron chi connectivity index (χ0n) is 8.68. The number of carboxylic acid groups (broad SMARTS) is 1. The van der Waals surface area contributed by atoms with E-state index in [9.17, 15) is 14.4 Å². The Bertz CT molecular complexity index is 330. The molecule has 88 valence electrons. The van der Waals surface area contributed by atoms with Crippen molar-refractivity contribution < 1.29 is 19.5 Å². The van der Waals surface area contributed by atoms with Crippen molar-refractivity contribution in [3.05, 3.63) is 12.2 Å². The normalized spacial score (nSPS) is 17.0. The van der Waals surface area contributed by atoms with E-state index in [4.69, 9.17) is 10.8 Å². The molecule has 0 fully saturated rings. The minimum absolute atomic E-state index is 0.227. The van der Waals surface area contributed by atoms with E-state index in [1.54, 1.807) is 0 Å². The topological polar surface area (TPSA) is 109 Å². The van der Waals surface area contributed by atoms with Crippen molar-refractivity contribution >= 4 is 17.8 Å².